The van der Waals surface area contributed by atoms with Gasteiger partial charge in [0.05, 0.1) is 0 Å². The summed E-state index contributed by atoms with van der Waals surface area (Å²) in [4.78, 5) is 2.37. The van der Waals surface area contributed by atoms with Gasteiger partial charge < -0.3 is 10.5 Å². The Bertz CT molecular complexity index is 550. The molecule has 1 aliphatic heterocycles. The summed E-state index contributed by atoms with van der Waals surface area (Å²) >= 11 is 0. The van der Waals surface area contributed by atoms with Gasteiger partial charge in [0, 0.05) is 24.5 Å². The van der Waals surface area contributed by atoms with Gasteiger partial charge in [-0.25, -0.2) is 0 Å². The normalized spacial score (nSPS) is 19.9. The second-order valence-corrected chi connectivity index (χ2v) is 5.18. The van der Waals surface area contributed by atoms with E-state index in [0.29, 0.717) is 6.04 Å². The minimum Gasteiger partial charge on any atom is -0.492 e. The number of nitrogens with zero attached hydrogens (tertiary/aromatic N) is 1. The first-order valence-corrected chi connectivity index (χ1v) is 6.91. The molecule has 100 valence electrons. The highest BCUT2D eigenvalue weighted by Gasteiger charge is 2.18. The molecule has 19 heavy (non-hydrogen) atoms. The lowest BCUT2D eigenvalue weighted by Gasteiger charge is -2.16. The SMILES string of the molecule is NC1CCN(CCOc2cccc3ccccc23)C1. The van der Waals surface area contributed by atoms with Crippen molar-refractivity contribution in [3.05, 3.63) is 42.5 Å². The zero-order chi connectivity index (χ0) is 13.1. The minimum atomic E-state index is 0.345. The largest absolute Gasteiger partial charge is 0.492 e. The molecule has 0 amide bonds. The van der Waals surface area contributed by atoms with Crippen molar-refractivity contribution in [1.82, 2.24) is 4.90 Å². The van der Waals surface area contributed by atoms with Crippen LogP contribution < -0.4 is 10.5 Å². The number of hydrogen-bond acceptors (Lipinski definition) is 3. The Balaban J connectivity index is 1.62. The van der Waals surface area contributed by atoms with Crippen LogP contribution in [-0.4, -0.2) is 37.2 Å². The van der Waals surface area contributed by atoms with Crippen molar-refractivity contribution in [3.63, 3.8) is 0 Å². The number of rotatable bonds is 4. The average Bonchev–Trinajstić information content (AvgIpc) is 2.85. The summed E-state index contributed by atoms with van der Waals surface area (Å²) < 4.78 is 5.93. The maximum atomic E-state index is 5.93. The van der Waals surface area contributed by atoms with Gasteiger partial charge in [-0.05, 0) is 24.4 Å². The molecular formula is C16H20N2O. The number of ether oxygens (including phenoxy) is 1. The van der Waals surface area contributed by atoms with Crippen molar-refractivity contribution in [2.75, 3.05) is 26.2 Å². The van der Waals surface area contributed by atoms with Crippen LogP contribution in [0.4, 0.5) is 0 Å². The second-order valence-electron chi connectivity index (χ2n) is 5.18. The van der Waals surface area contributed by atoms with Gasteiger partial charge in [-0.15, -0.1) is 0 Å². The van der Waals surface area contributed by atoms with Gasteiger partial charge in [0.2, 0.25) is 0 Å². The predicted octanol–water partition coefficient (Wildman–Crippen LogP) is 2.25. The van der Waals surface area contributed by atoms with E-state index in [1.165, 1.54) is 10.8 Å². The Hall–Kier alpha value is -1.58. The molecule has 0 aromatic heterocycles. The van der Waals surface area contributed by atoms with Crippen LogP contribution in [0.25, 0.3) is 10.8 Å². The topological polar surface area (TPSA) is 38.5 Å². The van der Waals surface area contributed by atoms with E-state index < -0.39 is 0 Å². The molecule has 0 spiro atoms. The second kappa shape index (κ2) is 5.59. The van der Waals surface area contributed by atoms with Gasteiger partial charge in [0.15, 0.2) is 0 Å². The van der Waals surface area contributed by atoms with E-state index in [4.69, 9.17) is 10.5 Å². The zero-order valence-electron chi connectivity index (χ0n) is 11.1. The first-order valence-electron chi connectivity index (χ1n) is 6.91. The number of fused-ring (bicyclic) bond motifs is 1. The van der Waals surface area contributed by atoms with Crippen molar-refractivity contribution in [1.29, 1.82) is 0 Å². The molecule has 2 aromatic rings. The lowest BCUT2D eigenvalue weighted by atomic mass is 10.1. The summed E-state index contributed by atoms with van der Waals surface area (Å²) in [5, 5.41) is 2.41. The molecule has 0 radical (unpaired) electrons. The summed E-state index contributed by atoms with van der Waals surface area (Å²) in [5.74, 6) is 0.974. The average molecular weight is 256 g/mol. The van der Waals surface area contributed by atoms with Crippen LogP contribution in [0.3, 0.4) is 0 Å². The fourth-order valence-electron chi connectivity index (χ4n) is 2.67. The highest BCUT2D eigenvalue weighted by molar-refractivity contribution is 5.88. The molecule has 1 heterocycles. The predicted molar refractivity (Wildman–Crippen MR) is 78.5 cm³/mol. The monoisotopic (exact) mass is 256 g/mol. The summed E-state index contributed by atoms with van der Waals surface area (Å²) in [7, 11) is 0. The highest BCUT2D eigenvalue weighted by atomic mass is 16.5. The third kappa shape index (κ3) is 2.88. The molecule has 1 atom stereocenters. The van der Waals surface area contributed by atoms with Crippen LogP contribution in [-0.2, 0) is 0 Å². The van der Waals surface area contributed by atoms with Crippen LogP contribution in [0, 0.1) is 0 Å². The molecule has 1 unspecified atom stereocenters. The smallest absolute Gasteiger partial charge is 0.127 e. The first-order chi connectivity index (χ1) is 9.33. The van der Waals surface area contributed by atoms with Crippen molar-refractivity contribution in [3.8, 4) is 5.75 Å². The maximum absolute atomic E-state index is 5.93. The number of benzene rings is 2. The molecule has 2 N–H and O–H groups in total. The molecule has 0 saturated carbocycles. The third-order valence-corrected chi connectivity index (χ3v) is 3.72. The van der Waals surface area contributed by atoms with Gasteiger partial charge in [-0.1, -0.05) is 36.4 Å². The highest BCUT2D eigenvalue weighted by Crippen LogP contribution is 2.25. The standard InChI is InChI=1S/C16H20N2O/c17-14-8-9-18(12-14)10-11-19-16-7-3-5-13-4-1-2-6-15(13)16/h1-7,14H,8-12,17H2. The molecule has 1 aliphatic rings. The molecule has 1 saturated heterocycles. The molecule has 1 fully saturated rings. The van der Waals surface area contributed by atoms with Crippen molar-refractivity contribution in [2.45, 2.75) is 12.5 Å². The van der Waals surface area contributed by atoms with E-state index in [0.717, 1.165) is 38.4 Å². The quantitative estimate of drug-likeness (QED) is 0.912. The van der Waals surface area contributed by atoms with E-state index in [-0.39, 0.29) is 0 Å². The Morgan fingerprint density at radius 1 is 1.16 bits per heavy atom. The number of hydrogen-bond donors (Lipinski definition) is 1. The van der Waals surface area contributed by atoms with Crippen molar-refractivity contribution < 1.29 is 4.74 Å². The first kappa shape index (κ1) is 12.5. The Morgan fingerprint density at radius 2 is 2.00 bits per heavy atom. The van der Waals surface area contributed by atoms with Gasteiger partial charge in [0.25, 0.3) is 0 Å². The molecule has 2 aromatic carbocycles. The Kier molecular flexibility index (Phi) is 3.67. The lowest BCUT2D eigenvalue weighted by molar-refractivity contribution is 0.238. The summed E-state index contributed by atoms with van der Waals surface area (Å²) in [6.45, 7) is 3.77. The van der Waals surface area contributed by atoms with Gasteiger partial charge in [-0.3, -0.25) is 4.90 Å². The van der Waals surface area contributed by atoms with Gasteiger partial charge in [-0.2, -0.15) is 0 Å². The van der Waals surface area contributed by atoms with Gasteiger partial charge >= 0.3 is 0 Å². The molecule has 3 nitrogen and oxygen atoms in total. The van der Waals surface area contributed by atoms with E-state index in [1.54, 1.807) is 0 Å². The minimum absolute atomic E-state index is 0.345. The molecule has 0 aliphatic carbocycles. The lowest BCUT2D eigenvalue weighted by Crippen LogP contribution is -2.29. The number of nitrogens with two attached hydrogens (primary N) is 1. The molecule has 0 bridgehead atoms. The van der Waals surface area contributed by atoms with Crippen LogP contribution in [0.5, 0.6) is 5.75 Å². The van der Waals surface area contributed by atoms with Crippen LogP contribution in [0.15, 0.2) is 42.5 Å². The number of likely N-dealkylation sites (tertiary alicyclic amines) is 1. The molecule has 3 rings (SSSR count). The Morgan fingerprint density at radius 3 is 2.84 bits per heavy atom. The Labute approximate surface area is 114 Å². The van der Waals surface area contributed by atoms with Gasteiger partial charge in [0.1, 0.15) is 12.4 Å². The summed E-state index contributed by atoms with van der Waals surface area (Å²) in [5.41, 5.74) is 5.90. The van der Waals surface area contributed by atoms with Crippen molar-refractivity contribution in [2.24, 2.45) is 5.73 Å². The van der Waals surface area contributed by atoms with E-state index >= 15 is 0 Å². The summed E-state index contributed by atoms with van der Waals surface area (Å²) in [6, 6.07) is 14.9. The fourth-order valence-corrected chi connectivity index (χ4v) is 2.67. The molecular weight excluding hydrogens is 236 g/mol. The van der Waals surface area contributed by atoms with E-state index in [9.17, 15) is 0 Å². The van der Waals surface area contributed by atoms with E-state index in [1.807, 2.05) is 12.1 Å². The van der Waals surface area contributed by atoms with Crippen molar-refractivity contribution >= 4 is 10.8 Å². The maximum Gasteiger partial charge on any atom is 0.127 e. The van der Waals surface area contributed by atoms with Crippen LogP contribution >= 0.6 is 0 Å². The fraction of sp³-hybridized carbons (Fsp3) is 0.375. The zero-order valence-corrected chi connectivity index (χ0v) is 11.1. The molecule has 3 heteroatoms. The third-order valence-electron chi connectivity index (χ3n) is 3.72. The van der Waals surface area contributed by atoms with E-state index in [2.05, 4.69) is 35.2 Å². The van der Waals surface area contributed by atoms with Crippen LogP contribution in [0.2, 0.25) is 0 Å². The van der Waals surface area contributed by atoms with Crippen LogP contribution in [0.1, 0.15) is 6.42 Å². The summed E-state index contributed by atoms with van der Waals surface area (Å²) in [6.07, 6.45) is 1.11.